The number of H-pyrrole nitrogens is 1. The summed E-state index contributed by atoms with van der Waals surface area (Å²) in [5, 5.41) is 0.479. The summed E-state index contributed by atoms with van der Waals surface area (Å²) in [7, 11) is 0. The highest BCUT2D eigenvalue weighted by Gasteiger charge is 2.20. The number of nitrogens with one attached hydrogen (secondary N) is 1. The number of carbonyl (C=O) groups is 1. The van der Waals surface area contributed by atoms with Gasteiger partial charge in [-0.3, -0.25) is 4.79 Å². The number of aromatic amines is 1. The number of hydrogen-bond acceptors (Lipinski definition) is 5. The van der Waals surface area contributed by atoms with Crippen LogP contribution in [0.15, 0.2) is 4.79 Å². The van der Waals surface area contributed by atoms with Crippen LogP contribution in [-0.4, -0.2) is 22.5 Å². The van der Waals surface area contributed by atoms with Crippen LogP contribution in [0.5, 0.6) is 0 Å². The maximum Gasteiger partial charge on any atom is 0.348 e. The van der Waals surface area contributed by atoms with E-state index in [2.05, 4.69) is 9.97 Å². The first-order chi connectivity index (χ1) is 8.90. The Kier molecular flexibility index (Phi) is 3.71. The molecule has 0 aliphatic rings. The summed E-state index contributed by atoms with van der Waals surface area (Å²) in [6.45, 7) is 7.78. The zero-order chi connectivity index (χ0) is 14.2. The van der Waals surface area contributed by atoms with Crippen molar-refractivity contribution >= 4 is 27.5 Å². The fourth-order valence-electron chi connectivity index (χ4n) is 1.75. The normalized spacial score (nSPS) is 11.2. The number of hydrogen-bond donors (Lipinski definition) is 1. The van der Waals surface area contributed by atoms with Gasteiger partial charge in [0, 0.05) is 0 Å². The van der Waals surface area contributed by atoms with Crippen molar-refractivity contribution in [3.8, 4) is 0 Å². The third-order valence-corrected chi connectivity index (χ3v) is 3.82. The van der Waals surface area contributed by atoms with E-state index < -0.39 is 0 Å². The van der Waals surface area contributed by atoms with Crippen LogP contribution in [0, 0.1) is 19.8 Å². The molecule has 102 valence electrons. The van der Waals surface area contributed by atoms with Crippen molar-refractivity contribution in [2.24, 2.45) is 5.92 Å². The minimum Gasteiger partial charge on any atom is -0.461 e. The molecule has 0 bridgehead atoms. The number of thiophene rings is 1. The molecule has 0 fully saturated rings. The Labute approximate surface area is 114 Å². The summed E-state index contributed by atoms with van der Waals surface area (Å²) in [6, 6.07) is 0. The van der Waals surface area contributed by atoms with Crippen molar-refractivity contribution in [2.75, 3.05) is 6.61 Å². The molecule has 2 aromatic rings. The molecule has 0 aromatic carbocycles. The van der Waals surface area contributed by atoms with Crippen molar-refractivity contribution in [3.63, 3.8) is 0 Å². The van der Waals surface area contributed by atoms with Crippen LogP contribution < -0.4 is 5.56 Å². The molecule has 0 amide bonds. The Hall–Kier alpha value is -1.69. The Morgan fingerprint density at radius 2 is 2.11 bits per heavy atom. The maximum atomic E-state index is 12.0. The average Bonchev–Trinajstić information content (AvgIpc) is 2.63. The highest BCUT2D eigenvalue weighted by molar-refractivity contribution is 7.20. The summed E-state index contributed by atoms with van der Waals surface area (Å²) in [5.41, 5.74) is 0.432. The molecule has 0 saturated carbocycles. The predicted octanol–water partition coefficient (Wildman–Crippen LogP) is 2.41. The lowest BCUT2D eigenvalue weighted by atomic mass is 10.2. The Bertz CT molecular complexity index is 685. The second-order valence-electron chi connectivity index (χ2n) is 4.88. The van der Waals surface area contributed by atoms with E-state index in [1.54, 1.807) is 13.8 Å². The first-order valence-corrected chi connectivity index (χ1v) is 6.89. The minimum absolute atomic E-state index is 0.209. The van der Waals surface area contributed by atoms with Gasteiger partial charge in [0.1, 0.15) is 15.5 Å². The number of nitrogens with zero attached hydrogens (tertiary/aromatic N) is 1. The largest absolute Gasteiger partial charge is 0.461 e. The van der Waals surface area contributed by atoms with E-state index in [1.165, 1.54) is 11.3 Å². The average molecular weight is 280 g/mol. The molecule has 0 radical (unpaired) electrons. The van der Waals surface area contributed by atoms with E-state index in [0.29, 0.717) is 33.1 Å². The Morgan fingerprint density at radius 3 is 2.74 bits per heavy atom. The van der Waals surface area contributed by atoms with Gasteiger partial charge in [-0.15, -0.1) is 11.3 Å². The van der Waals surface area contributed by atoms with Gasteiger partial charge in [-0.25, -0.2) is 9.78 Å². The molecule has 1 N–H and O–H groups in total. The van der Waals surface area contributed by atoms with Crippen LogP contribution in [0.3, 0.4) is 0 Å². The van der Waals surface area contributed by atoms with Gasteiger partial charge in [0.25, 0.3) is 5.56 Å². The Balaban J connectivity index is 2.45. The fourth-order valence-corrected chi connectivity index (χ4v) is 2.88. The van der Waals surface area contributed by atoms with Crippen molar-refractivity contribution < 1.29 is 9.53 Å². The zero-order valence-electron chi connectivity index (χ0n) is 11.4. The number of esters is 1. The third kappa shape index (κ3) is 2.68. The highest BCUT2D eigenvalue weighted by atomic mass is 32.1. The monoisotopic (exact) mass is 280 g/mol. The van der Waals surface area contributed by atoms with E-state index in [-0.39, 0.29) is 17.4 Å². The van der Waals surface area contributed by atoms with Crippen LogP contribution >= 0.6 is 11.3 Å². The molecule has 6 heteroatoms. The second kappa shape index (κ2) is 5.13. The lowest BCUT2D eigenvalue weighted by Gasteiger charge is -2.05. The molecule has 2 heterocycles. The molecule has 0 spiro atoms. The first kappa shape index (κ1) is 13.7. The van der Waals surface area contributed by atoms with Crippen LogP contribution in [0.1, 0.15) is 34.9 Å². The van der Waals surface area contributed by atoms with E-state index >= 15 is 0 Å². The number of ether oxygens (including phenoxy) is 1. The van der Waals surface area contributed by atoms with Crippen LogP contribution in [0.4, 0.5) is 0 Å². The molecule has 0 aliphatic carbocycles. The van der Waals surface area contributed by atoms with Crippen molar-refractivity contribution in [3.05, 3.63) is 26.6 Å². The molecule has 0 atom stereocenters. The predicted molar refractivity (Wildman–Crippen MR) is 74.8 cm³/mol. The van der Waals surface area contributed by atoms with Crippen LogP contribution in [-0.2, 0) is 4.74 Å². The number of carbonyl (C=O) groups excluding carboxylic acids is 1. The van der Waals surface area contributed by atoms with E-state index in [4.69, 9.17) is 4.74 Å². The molecule has 19 heavy (non-hydrogen) atoms. The maximum absolute atomic E-state index is 12.0. The molecule has 0 saturated heterocycles. The molecule has 5 nitrogen and oxygen atoms in total. The molecular weight excluding hydrogens is 264 g/mol. The van der Waals surface area contributed by atoms with Crippen LogP contribution in [0.2, 0.25) is 0 Å². The van der Waals surface area contributed by atoms with Gasteiger partial charge in [-0.05, 0) is 25.3 Å². The first-order valence-electron chi connectivity index (χ1n) is 6.07. The van der Waals surface area contributed by atoms with Crippen molar-refractivity contribution in [1.82, 2.24) is 9.97 Å². The lowest BCUT2D eigenvalue weighted by Crippen LogP contribution is -2.11. The van der Waals surface area contributed by atoms with Gasteiger partial charge >= 0.3 is 5.97 Å². The van der Waals surface area contributed by atoms with E-state index in [9.17, 15) is 9.59 Å². The van der Waals surface area contributed by atoms with Gasteiger partial charge in [0.2, 0.25) is 0 Å². The van der Waals surface area contributed by atoms with E-state index in [1.807, 2.05) is 13.8 Å². The molecule has 2 aromatic heterocycles. The smallest absolute Gasteiger partial charge is 0.348 e. The summed E-state index contributed by atoms with van der Waals surface area (Å²) >= 11 is 1.21. The van der Waals surface area contributed by atoms with Crippen molar-refractivity contribution in [1.29, 1.82) is 0 Å². The summed E-state index contributed by atoms with van der Waals surface area (Å²) < 4.78 is 5.20. The number of aromatic nitrogens is 2. The molecule has 2 rings (SSSR count). The van der Waals surface area contributed by atoms with Crippen LogP contribution in [0.25, 0.3) is 10.2 Å². The fraction of sp³-hybridized carbons (Fsp3) is 0.462. The van der Waals surface area contributed by atoms with Gasteiger partial charge in [-0.2, -0.15) is 0 Å². The van der Waals surface area contributed by atoms with Crippen molar-refractivity contribution in [2.45, 2.75) is 27.7 Å². The summed E-state index contributed by atoms with van der Waals surface area (Å²) in [6.07, 6.45) is 0. The van der Waals surface area contributed by atoms with Gasteiger partial charge < -0.3 is 9.72 Å². The standard InChI is InChI=1S/C13H16N2O3S/c1-6(2)5-18-13(17)10-7(3)9-11(16)14-8(4)15-12(9)19-10/h6H,5H2,1-4H3,(H,14,15,16). The van der Waals surface area contributed by atoms with Gasteiger partial charge in [-0.1, -0.05) is 13.8 Å². The quantitative estimate of drug-likeness (QED) is 0.876. The number of aryl methyl sites for hydroxylation is 2. The third-order valence-electron chi connectivity index (χ3n) is 2.65. The van der Waals surface area contributed by atoms with Gasteiger partial charge in [0.05, 0.1) is 12.0 Å². The zero-order valence-corrected chi connectivity index (χ0v) is 12.2. The summed E-state index contributed by atoms with van der Waals surface area (Å²) in [4.78, 5) is 31.8. The second-order valence-corrected chi connectivity index (χ2v) is 5.88. The summed E-state index contributed by atoms with van der Waals surface area (Å²) in [5.74, 6) is 0.439. The van der Waals surface area contributed by atoms with E-state index in [0.717, 1.165) is 0 Å². The van der Waals surface area contributed by atoms with Gasteiger partial charge in [0.15, 0.2) is 0 Å². The highest BCUT2D eigenvalue weighted by Crippen LogP contribution is 2.27. The Morgan fingerprint density at radius 1 is 1.42 bits per heavy atom. The molecule has 0 unspecified atom stereocenters. The lowest BCUT2D eigenvalue weighted by molar-refractivity contribution is 0.0464. The minimum atomic E-state index is -0.383. The number of rotatable bonds is 3. The topological polar surface area (TPSA) is 72.0 Å². The molecular formula is C13H16N2O3S. The molecule has 0 aliphatic heterocycles. The SMILES string of the molecule is Cc1nc2sc(C(=O)OCC(C)C)c(C)c2c(=O)[nH]1. The number of fused-ring (bicyclic) bond motifs is 1.